The molecule has 0 N–H and O–H groups in total. The van der Waals surface area contributed by atoms with Gasteiger partial charge >= 0.3 is 0 Å². The molecule has 1 aromatic carbocycles. The molecule has 0 aromatic heterocycles. The van der Waals surface area contributed by atoms with E-state index in [9.17, 15) is 4.79 Å². The van der Waals surface area contributed by atoms with Crippen molar-refractivity contribution < 1.29 is 9.53 Å². The Labute approximate surface area is 141 Å². The molecule has 120 valence electrons. The highest BCUT2D eigenvalue weighted by Gasteiger charge is 2.34. The average Bonchev–Trinajstić information content (AvgIpc) is 2.49. The first-order chi connectivity index (χ1) is 10.5. The highest BCUT2D eigenvalue weighted by atomic mass is 35.5. The molecule has 3 nitrogen and oxygen atoms in total. The molecule has 2 aliphatic heterocycles. The molecule has 2 aliphatic rings. The van der Waals surface area contributed by atoms with E-state index < -0.39 is 0 Å². The van der Waals surface area contributed by atoms with Crippen molar-refractivity contribution in [3.05, 3.63) is 33.3 Å². The number of amides is 1. The van der Waals surface area contributed by atoms with E-state index in [1.54, 1.807) is 0 Å². The van der Waals surface area contributed by atoms with Crippen molar-refractivity contribution in [2.75, 3.05) is 13.2 Å². The highest BCUT2D eigenvalue weighted by Crippen LogP contribution is 2.36. The van der Waals surface area contributed by atoms with Crippen molar-refractivity contribution in [2.45, 2.75) is 45.3 Å². The maximum Gasteiger partial charge on any atom is 0.226 e. The van der Waals surface area contributed by atoms with Gasteiger partial charge in [0.2, 0.25) is 5.91 Å². The van der Waals surface area contributed by atoms with E-state index in [-0.39, 0.29) is 24.0 Å². The summed E-state index contributed by atoms with van der Waals surface area (Å²) in [6.07, 6.45) is 2.64. The lowest BCUT2D eigenvalue weighted by Gasteiger charge is -2.39. The standard InChI is InChI=1S/C17H21Cl2NO2/c1-10-7-13(4-6-22-10)17(21)20-5-3-12-8-15(18)16(19)9-14(12)11(20)2/h8-11,13H,3-7H2,1-2H3/t10-,11-,13-/m1/s1. The molecule has 0 saturated carbocycles. The van der Waals surface area contributed by atoms with E-state index in [0.717, 1.165) is 31.4 Å². The van der Waals surface area contributed by atoms with Crippen molar-refractivity contribution in [2.24, 2.45) is 5.92 Å². The minimum absolute atomic E-state index is 0.0455. The Kier molecular flexibility index (Phi) is 4.67. The average molecular weight is 342 g/mol. The van der Waals surface area contributed by atoms with Crippen LogP contribution in [-0.4, -0.2) is 30.1 Å². The zero-order valence-electron chi connectivity index (χ0n) is 12.9. The first-order valence-electron chi connectivity index (χ1n) is 7.87. The van der Waals surface area contributed by atoms with Gasteiger partial charge in [0.25, 0.3) is 0 Å². The second-order valence-electron chi connectivity index (χ2n) is 6.33. The van der Waals surface area contributed by atoms with Gasteiger partial charge in [0.15, 0.2) is 0 Å². The number of hydrogen-bond acceptors (Lipinski definition) is 2. The maximum atomic E-state index is 12.9. The smallest absolute Gasteiger partial charge is 0.226 e. The maximum absolute atomic E-state index is 12.9. The summed E-state index contributed by atoms with van der Waals surface area (Å²) in [5, 5.41) is 1.15. The summed E-state index contributed by atoms with van der Waals surface area (Å²) in [5.74, 6) is 0.329. The molecular formula is C17H21Cl2NO2. The fraction of sp³-hybridized carbons (Fsp3) is 0.588. The van der Waals surface area contributed by atoms with Gasteiger partial charge in [-0.05, 0) is 56.4 Å². The van der Waals surface area contributed by atoms with Crippen LogP contribution in [0.5, 0.6) is 0 Å². The lowest BCUT2D eigenvalue weighted by molar-refractivity contribution is -0.143. The van der Waals surface area contributed by atoms with Crippen LogP contribution in [0.4, 0.5) is 0 Å². The molecule has 1 aromatic rings. The third kappa shape index (κ3) is 2.99. The Balaban J connectivity index is 1.81. The van der Waals surface area contributed by atoms with E-state index in [2.05, 4.69) is 6.92 Å². The number of halogens is 2. The van der Waals surface area contributed by atoms with E-state index in [0.29, 0.717) is 16.7 Å². The van der Waals surface area contributed by atoms with Crippen LogP contribution in [0.1, 0.15) is 43.9 Å². The quantitative estimate of drug-likeness (QED) is 0.763. The van der Waals surface area contributed by atoms with E-state index >= 15 is 0 Å². The van der Waals surface area contributed by atoms with Crippen molar-refractivity contribution >= 4 is 29.1 Å². The summed E-state index contributed by atoms with van der Waals surface area (Å²) in [7, 11) is 0. The molecule has 1 fully saturated rings. The highest BCUT2D eigenvalue weighted by molar-refractivity contribution is 6.42. The molecule has 3 rings (SSSR count). The Bertz CT molecular complexity index is 590. The third-order valence-electron chi connectivity index (χ3n) is 4.84. The SMILES string of the molecule is C[C@@H]1C[C@H](C(=O)N2CCc3cc(Cl)c(Cl)cc3[C@H]2C)CCO1. The minimum atomic E-state index is 0.0455. The van der Waals surface area contributed by atoms with Gasteiger partial charge in [0.05, 0.1) is 22.2 Å². The van der Waals surface area contributed by atoms with Gasteiger partial charge in [-0.1, -0.05) is 23.2 Å². The second-order valence-corrected chi connectivity index (χ2v) is 7.14. The number of nitrogens with zero attached hydrogens (tertiary/aromatic N) is 1. The van der Waals surface area contributed by atoms with Crippen molar-refractivity contribution in [3.8, 4) is 0 Å². The Morgan fingerprint density at radius 2 is 2.00 bits per heavy atom. The molecule has 0 spiro atoms. The second kappa shape index (κ2) is 6.38. The summed E-state index contributed by atoms with van der Waals surface area (Å²) in [4.78, 5) is 14.9. The molecule has 0 radical (unpaired) electrons. The van der Waals surface area contributed by atoms with Crippen molar-refractivity contribution in [3.63, 3.8) is 0 Å². The van der Waals surface area contributed by atoms with Crippen LogP contribution in [0, 0.1) is 5.92 Å². The number of carbonyl (C=O) groups is 1. The van der Waals surface area contributed by atoms with Crippen molar-refractivity contribution in [1.82, 2.24) is 4.90 Å². The number of hydrogen-bond donors (Lipinski definition) is 0. The van der Waals surface area contributed by atoms with Gasteiger partial charge in [0, 0.05) is 19.1 Å². The lowest BCUT2D eigenvalue weighted by Crippen LogP contribution is -2.44. The lowest BCUT2D eigenvalue weighted by atomic mass is 9.89. The molecule has 1 saturated heterocycles. The van der Waals surface area contributed by atoms with Gasteiger partial charge in [-0.3, -0.25) is 4.79 Å². The zero-order valence-corrected chi connectivity index (χ0v) is 14.5. The molecular weight excluding hydrogens is 321 g/mol. The molecule has 0 aliphatic carbocycles. The molecule has 2 heterocycles. The summed E-state index contributed by atoms with van der Waals surface area (Å²) < 4.78 is 5.55. The van der Waals surface area contributed by atoms with Crippen LogP contribution >= 0.6 is 23.2 Å². The monoisotopic (exact) mass is 341 g/mol. The third-order valence-corrected chi connectivity index (χ3v) is 5.56. The number of ether oxygens (including phenoxy) is 1. The number of benzene rings is 1. The fourth-order valence-corrected chi connectivity index (χ4v) is 3.93. The summed E-state index contributed by atoms with van der Waals surface area (Å²) in [6.45, 7) is 5.54. The molecule has 0 bridgehead atoms. The van der Waals surface area contributed by atoms with Crippen LogP contribution in [0.2, 0.25) is 10.0 Å². The molecule has 1 amide bonds. The van der Waals surface area contributed by atoms with Gasteiger partial charge in [-0.15, -0.1) is 0 Å². The zero-order chi connectivity index (χ0) is 15.9. The van der Waals surface area contributed by atoms with E-state index in [4.69, 9.17) is 27.9 Å². The van der Waals surface area contributed by atoms with Crippen LogP contribution < -0.4 is 0 Å². The van der Waals surface area contributed by atoms with Crippen LogP contribution in [0.15, 0.2) is 12.1 Å². The van der Waals surface area contributed by atoms with Gasteiger partial charge in [0.1, 0.15) is 0 Å². The predicted molar refractivity (Wildman–Crippen MR) is 88.4 cm³/mol. The number of carbonyl (C=O) groups excluding carboxylic acids is 1. The van der Waals surface area contributed by atoms with Gasteiger partial charge in [-0.2, -0.15) is 0 Å². The van der Waals surface area contributed by atoms with E-state index in [1.807, 2.05) is 24.0 Å². The van der Waals surface area contributed by atoms with Gasteiger partial charge < -0.3 is 9.64 Å². The van der Waals surface area contributed by atoms with Crippen LogP contribution in [-0.2, 0) is 16.0 Å². The Hall–Kier alpha value is -0.770. The molecule has 5 heteroatoms. The normalized spacial score (nSPS) is 28.4. The van der Waals surface area contributed by atoms with Crippen molar-refractivity contribution in [1.29, 1.82) is 0 Å². The number of rotatable bonds is 1. The molecule has 3 atom stereocenters. The predicted octanol–water partition coefficient (Wildman–Crippen LogP) is 4.25. The molecule has 0 unspecified atom stereocenters. The fourth-order valence-electron chi connectivity index (χ4n) is 3.57. The first-order valence-corrected chi connectivity index (χ1v) is 8.63. The first kappa shape index (κ1) is 16.1. The minimum Gasteiger partial charge on any atom is -0.378 e. The number of fused-ring (bicyclic) bond motifs is 1. The van der Waals surface area contributed by atoms with Crippen LogP contribution in [0.25, 0.3) is 0 Å². The topological polar surface area (TPSA) is 29.5 Å². The Morgan fingerprint density at radius 1 is 1.27 bits per heavy atom. The largest absolute Gasteiger partial charge is 0.378 e. The summed E-state index contributed by atoms with van der Waals surface area (Å²) >= 11 is 12.3. The van der Waals surface area contributed by atoms with Crippen LogP contribution in [0.3, 0.4) is 0 Å². The Morgan fingerprint density at radius 3 is 2.73 bits per heavy atom. The summed E-state index contributed by atoms with van der Waals surface area (Å²) in [5.41, 5.74) is 2.32. The molecule has 22 heavy (non-hydrogen) atoms. The van der Waals surface area contributed by atoms with E-state index in [1.165, 1.54) is 5.56 Å². The summed E-state index contributed by atoms with van der Waals surface area (Å²) in [6, 6.07) is 3.90. The van der Waals surface area contributed by atoms with Gasteiger partial charge in [-0.25, -0.2) is 0 Å².